The number of anilines is 1. The molecule has 0 heterocycles. The highest BCUT2D eigenvalue weighted by atomic mass is 35.5. The van der Waals surface area contributed by atoms with Crippen molar-refractivity contribution in [3.05, 3.63) is 64.7 Å². The predicted octanol–water partition coefficient (Wildman–Crippen LogP) is 6.21. The molecule has 0 fully saturated rings. The first-order valence-corrected chi connectivity index (χ1v) is 8.50. The number of carbonyl (C=O) groups excluding carboxylic acids is 1. The minimum absolute atomic E-state index is 0.141. The van der Waals surface area contributed by atoms with E-state index < -0.39 is 0 Å². The maximum absolute atomic E-state index is 11.2. The fraction of sp³-hybridized carbons (Fsp3) is 0.211. The Morgan fingerprint density at radius 1 is 1.09 bits per heavy atom. The van der Waals surface area contributed by atoms with Crippen molar-refractivity contribution >= 4 is 41.6 Å². The number of rotatable bonds is 5. The van der Waals surface area contributed by atoms with E-state index in [1.165, 1.54) is 17.5 Å². The molecule has 2 rings (SSSR count). The van der Waals surface area contributed by atoms with Gasteiger partial charge in [0.05, 0.1) is 10.7 Å². The summed E-state index contributed by atoms with van der Waals surface area (Å²) in [6, 6.07) is 12.0. The Hall–Kier alpha value is -1.71. The van der Waals surface area contributed by atoms with Gasteiger partial charge in [0.1, 0.15) is 0 Å². The van der Waals surface area contributed by atoms with Gasteiger partial charge >= 0.3 is 0 Å². The van der Waals surface area contributed by atoms with Gasteiger partial charge in [0.15, 0.2) is 6.29 Å². The van der Waals surface area contributed by atoms with E-state index in [0.717, 1.165) is 16.9 Å². The monoisotopic (exact) mass is 345 g/mol. The lowest BCUT2D eigenvalue weighted by molar-refractivity contribution is 0.112. The molecule has 0 amide bonds. The molecule has 2 aromatic carbocycles. The Morgan fingerprint density at radius 2 is 1.74 bits per heavy atom. The molecule has 2 nitrogen and oxygen atoms in total. The van der Waals surface area contributed by atoms with Gasteiger partial charge in [-0.2, -0.15) is 0 Å². The first kappa shape index (κ1) is 17.6. The summed E-state index contributed by atoms with van der Waals surface area (Å²) in [4.78, 5) is 12.3. The molecule has 1 N–H and O–H groups in total. The topological polar surface area (TPSA) is 29.1 Å². The molecule has 2 aromatic rings. The summed E-state index contributed by atoms with van der Waals surface area (Å²) in [6.45, 7) is 10.3. The molecule has 0 spiro atoms. The first-order valence-electron chi connectivity index (χ1n) is 7.30. The van der Waals surface area contributed by atoms with E-state index in [2.05, 4.69) is 56.3 Å². The van der Waals surface area contributed by atoms with Crippen LogP contribution in [0.5, 0.6) is 0 Å². The van der Waals surface area contributed by atoms with Crippen molar-refractivity contribution in [2.45, 2.75) is 31.1 Å². The molecule has 0 saturated carbocycles. The highest BCUT2D eigenvalue weighted by Crippen LogP contribution is 2.31. The zero-order chi connectivity index (χ0) is 17.0. The smallest absolute Gasteiger partial charge is 0.152 e. The molecule has 0 bridgehead atoms. The van der Waals surface area contributed by atoms with Crippen molar-refractivity contribution in [1.82, 2.24) is 0 Å². The third kappa shape index (κ3) is 4.18. The normalized spacial score (nSPS) is 11.1. The molecule has 0 atom stereocenters. The maximum atomic E-state index is 11.2. The van der Waals surface area contributed by atoms with Crippen LogP contribution in [0.2, 0.25) is 5.02 Å². The van der Waals surface area contributed by atoms with Crippen molar-refractivity contribution in [2.24, 2.45) is 0 Å². The highest BCUT2D eigenvalue weighted by molar-refractivity contribution is 8.00. The summed E-state index contributed by atoms with van der Waals surface area (Å²) in [7, 11) is 0. The molecule has 4 heteroatoms. The second-order valence-corrected chi connectivity index (χ2v) is 7.51. The summed E-state index contributed by atoms with van der Waals surface area (Å²) in [5.41, 5.74) is 3.42. The minimum atomic E-state index is 0.141. The Balaban J connectivity index is 2.18. The molecule has 23 heavy (non-hydrogen) atoms. The van der Waals surface area contributed by atoms with E-state index in [0.29, 0.717) is 16.1 Å². The third-order valence-corrected chi connectivity index (χ3v) is 4.71. The highest BCUT2D eigenvalue weighted by Gasteiger charge is 2.13. The van der Waals surface area contributed by atoms with Crippen LogP contribution >= 0.6 is 23.5 Å². The van der Waals surface area contributed by atoms with Gasteiger partial charge in [-0.1, -0.05) is 57.2 Å². The van der Waals surface area contributed by atoms with Gasteiger partial charge in [0.25, 0.3) is 0 Å². The van der Waals surface area contributed by atoms with Gasteiger partial charge in [-0.15, -0.1) is 0 Å². The van der Waals surface area contributed by atoms with E-state index in [9.17, 15) is 4.79 Å². The fourth-order valence-electron chi connectivity index (χ4n) is 2.18. The molecule has 120 valence electrons. The Bertz CT molecular complexity index is 717. The zero-order valence-corrected chi connectivity index (χ0v) is 15.1. The largest absolute Gasteiger partial charge is 0.325 e. The van der Waals surface area contributed by atoms with E-state index >= 15 is 0 Å². The number of benzene rings is 2. The summed E-state index contributed by atoms with van der Waals surface area (Å²) in [5, 5.41) is 0.431. The lowest BCUT2D eigenvalue weighted by Gasteiger charge is -2.19. The molecular weight excluding hydrogens is 326 g/mol. The van der Waals surface area contributed by atoms with E-state index in [1.54, 1.807) is 12.1 Å². The van der Waals surface area contributed by atoms with Crippen LogP contribution in [0, 0.1) is 0 Å². The van der Waals surface area contributed by atoms with Gasteiger partial charge in [-0.3, -0.25) is 4.79 Å². The van der Waals surface area contributed by atoms with Crippen molar-refractivity contribution < 1.29 is 4.79 Å². The SMILES string of the molecule is C=Cc1c(NSc2ccc(C(C)(C)C)cc2)ccc(Cl)c1C=O. The molecule has 0 aliphatic rings. The van der Waals surface area contributed by atoms with E-state index in [4.69, 9.17) is 11.6 Å². The standard InChI is InChI=1S/C19H20ClNOS/c1-5-15-16(12-22)17(20)10-11-18(15)21-23-14-8-6-13(7-9-14)19(2,3)4/h5-12,21H,1H2,2-4H3. The van der Waals surface area contributed by atoms with E-state index in [-0.39, 0.29) is 5.41 Å². The molecule has 0 aromatic heterocycles. The molecule has 0 saturated heterocycles. The predicted molar refractivity (Wildman–Crippen MR) is 102 cm³/mol. The van der Waals surface area contributed by atoms with Crippen molar-refractivity contribution in [2.75, 3.05) is 4.72 Å². The molecule has 0 aliphatic carbocycles. The Labute approximate surface area is 147 Å². The second kappa shape index (κ2) is 7.24. The van der Waals surface area contributed by atoms with Gasteiger partial charge in [0.2, 0.25) is 0 Å². The molecule has 0 radical (unpaired) electrons. The van der Waals surface area contributed by atoms with Gasteiger partial charge in [-0.05, 0) is 47.2 Å². The van der Waals surface area contributed by atoms with Crippen LogP contribution < -0.4 is 4.72 Å². The van der Waals surface area contributed by atoms with Crippen LogP contribution in [0.4, 0.5) is 5.69 Å². The van der Waals surface area contributed by atoms with Crippen LogP contribution in [0.3, 0.4) is 0 Å². The zero-order valence-electron chi connectivity index (χ0n) is 13.5. The summed E-state index contributed by atoms with van der Waals surface area (Å²) in [6.07, 6.45) is 2.40. The lowest BCUT2D eigenvalue weighted by Crippen LogP contribution is -2.10. The van der Waals surface area contributed by atoms with Crippen LogP contribution in [-0.2, 0) is 5.41 Å². The number of hydrogen-bond donors (Lipinski definition) is 1. The van der Waals surface area contributed by atoms with Gasteiger partial charge in [0, 0.05) is 16.0 Å². The van der Waals surface area contributed by atoms with Crippen molar-refractivity contribution in [3.8, 4) is 0 Å². The van der Waals surface area contributed by atoms with Crippen molar-refractivity contribution in [3.63, 3.8) is 0 Å². The number of hydrogen-bond acceptors (Lipinski definition) is 3. The quantitative estimate of drug-likeness (QED) is 0.515. The number of aldehydes is 1. The van der Waals surface area contributed by atoms with Crippen LogP contribution in [0.25, 0.3) is 6.08 Å². The number of nitrogens with one attached hydrogen (secondary N) is 1. The minimum Gasteiger partial charge on any atom is -0.325 e. The first-order chi connectivity index (χ1) is 10.9. The van der Waals surface area contributed by atoms with E-state index in [1.807, 2.05) is 6.07 Å². The van der Waals surface area contributed by atoms with Gasteiger partial charge in [-0.25, -0.2) is 0 Å². The number of halogens is 1. The summed E-state index contributed by atoms with van der Waals surface area (Å²) in [5.74, 6) is 0. The average Bonchev–Trinajstić information content (AvgIpc) is 2.52. The second-order valence-electron chi connectivity index (χ2n) is 6.22. The molecular formula is C19H20ClNOS. The lowest BCUT2D eigenvalue weighted by atomic mass is 9.87. The summed E-state index contributed by atoms with van der Waals surface area (Å²) >= 11 is 7.53. The maximum Gasteiger partial charge on any atom is 0.152 e. The average molecular weight is 346 g/mol. The number of carbonyl (C=O) groups is 1. The summed E-state index contributed by atoms with van der Waals surface area (Å²) < 4.78 is 3.27. The third-order valence-electron chi connectivity index (χ3n) is 3.56. The fourth-order valence-corrected chi connectivity index (χ4v) is 3.06. The molecule has 0 unspecified atom stereocenters. The van der Waals surface area contributed by atoms with Crippen molar-refractivity contribution in [1.29, 1.82) is 0 Å². The van der Waals surface area contributed by atoms with Crippen LogP contribution in [0.15, 0.2) is 47.9 Å². The Kier molecular flexibility index (Phi) is 5.55. The Morgan fingerprint density at radius 3 is 2.26 bits per heavy atom. The van der Waals surface area contributed by atoms with Gasteiger partial charge < -0.3 is 4.72 Å². The van der Waals surface area contributed by atoms with Crippen LogP contribution in [0.1, 0.15) is 42.3 Å². The molecule has 0 aliphatic heterocycles. The van der Waals surface area contributed by atoms with Crippen LogP contribution in [-0.4, -0.2) is 6.29 Å².